The summed E-state index contributed by atoms with van der Waals surface area (Å²) in [5.41, 5.74) is 0. The first-order valence-corrected chi connectivity index (χ1v) is 5.78. The first-order valence-electron chi connectivity index (χ1n) is 3.50. The smallest absolute Gasteiger partial charge is 0.218 e. The van der Waals surface area contributed by atoms with Gasteiger partial charge in [-0.3, -0.25) is 5.41 Å². The van der Waals surface area contributed by atoms with Gasteiger partial charge in [0.1, 0.15) is 5.04 Å². The van der Waals surface area contributed by atoms with Crippen LogP contribution in [0.3, 0.4) is 0 Å². The standard InChI is InChI=1S/C8H8BrNO2S/c1-6(10)13(11,12)8-4-2-7(9)3-5-8/h2-5,10H,1H3. The van der Waals surface area contributed by atoms with Crippen LogP contribution in [0.25, 0.3) is 0 Å². The number of rotatable bonds is 1. The fraction of sp³-hybridized carbons (Fsp3) is 0.125. The Morgan fingerprint density at radius 1 is 1.31 bits per heavy atom. The van der Waals surface area contributed by atoms with Gasteiger partial charge < -0.3 is 0 Å². The van der Waals surface area contributed by atoms with Gasteiger partial charge in [-0.15, -0.1) is 0 Å². The summed E-state index contributed by atoms with van der Waals surface area (Å²) in [6, 6.07) is 6.21. The third kappa shape index (κ3) is 2.16. The summed E-state index contributed by atoms with van der Waals surface area (Å²) in [5.74, 6) is 0. The van der Waals surface area contributed by atoms with E-state index < -0.39 is 9.84 Å². The summed E-state index contributed by atoms with van der Waals surface area (Å²) in [7, 11) is -3.53. The number of nitrogens with one attached hydrogen (secondary N) is 1. The molecule has 1 N–H and O–H groups in total. The van der Waals surface area contributed by atoms with Gasteiger partial charge in [-0.2, -0.15) is 0 Å². The van der Waals surface area contributed by atoms with Crippen LogP contribution in [0, 0.1) is 5.41 Å². The molecular weight excluding hydrogens is 254 g/mol. The maximum atomic E-state index is 11.4. The highest BCUT2D eigenvalue weighted by molar-refractivity contribution is 9.10. The third-order valence-corrected chi connectivity index (χ3v) is 3.75. The molecule has 0 atom stereocenters. The van der Waals surface area contributed by atoms with Gasteiger partial charge in [0.2, 0.25) is 9.84 Å². The fourth-order valence-corrected chi connectivity index (χ4v) is 1.90. The first-order chi connectivity index (χ1) is 5.94. The molecule has 0 unspecified atom stereocenters. The van der Waals surface area contributed by atoms with E-state index in [0.717, 1.165) is 4.47 Å². The van der Waals surface area contributed by atoms with Crippen LogP contribution in [-0.2, 0) is 9.84 Å². The zero-order chi connectivity index (χ0) is 10.1. The van der Waals surface area contributed by atoms with Crippen LogP contribution in [0.5, 0.6) is 0 Å². The number of hydrogen-bond donors (Lipinski definition) is 1. The second kappa shape index (κ2) is 3.59. The molecule has 0 bridgehead atoms. The molecular formula is C8H8BrNO2S. The molecule has 0 aliphatic heterocycles. The molecule has 0 aliphatic rings. The highest BCUT2D eigenvalue weighted by Gasteiger charge is 2.15. The molecule has 0 aromatic heterocycles. The summed E-state index contributed by atoms with van der Waals surface area (Å²) in [6.45, 7) is 1.26. The quantitative estimate of drug-likeness (QED) is 0.623. The van der Waals surface area contributed by atoms with E-state index in [0.29, 0.717) is 0 Å². The normalized spacial score (nSPS) is 11.2. The van der Waals surface area contributed by atoms with Crippen molar-refractivity contribution in [2.75, 3.05) is 0 Å². The van der Waals surface area contributed by atoms with Crippen molar-refractivity contribution >= 4 is 30.8 Å². The number of hydrogen-bond acceptors (Lipinski definition) is 3. The lowest BCUT2D eigenvalue weighted by atomic mass is 10.4. The van der Waals surface area contributed by atoms with Crippen LogP contribution >= 0.6 is 15.9 Å². The van der Waals surface area contributed by atoms with Gasteiger partial charge in [-0.1, -0.05) is 15.9 Å². The van der Waals surface area contributed by atoms with Crippen molar-refractivity contribution in [1.82, 2.24) is 0 Å². The maximum Gasteiger partial charge on any atom is 0.218 e. The second-order valence-electron chi connectivity index (χ2n) is 2.51. The summed E-state index contributed by atoms with van der Waals surface area (Å²) in [6.07, 6.45) is 0. The molecule has 3 nitrogen and oxygen atoms in total. The molecule has 13 heavy (non-hydrogen) atoms. The van der Waals surface area contributed by atoms with Crippen LogP contribution < -0.4 is 0 Å². The molecule has 0 spiro atoms. The summed E-state index contributed by atoms with van der Waals surface area (Å²) in [5, 5.41) is 6.75. The molecule has 0 fully saturated rings. The Hall–Kier alpha value is -0.680. The third-order valence-electron chi connectivity index (χ3n) is 1.53. The SMILES string of the molecule is CC(=N)S(=O)(=O)c1ccc(Br)cc1. The Morgan fingerprint density at radius 3 is 2.15 bits per heavy atom. The van der Waals surface area contributed by atoms with Gasteiger partial charge in [0, 0.05) is 4.47 Å². The lowest BCUT2D eigenvalue weighted by Crippen LogP contribution is -2.09. The van der Waals surface area contributed by atoms with E-state index in [1.54, 1.807) is 12.1 Å². The van der Waals surface area contributed by atoms with E-state index >= 15 is 0 Å². The Morgan fingerprint density at radius 2 is 1.77 bits per heavy atom. The van der Waals surface area contributed by atoms with Crippen molar-refractivity contribution in [2.24, 2.45) is 0 Å². The van der Waals surface area contributed by atoms with Crippen molar-refractivity contribution in [3.8, 4) is 0 Å². The molecule has 0 saturated carbocycles. The van der Waals surface area contributed by atoms with Gasteiger partial charge in [0.15, 0.2) is 0 Å². The minimum atomic E-state index is -3.53. The summed E-state index contributed by atoms with van der Waals surface area (Å²) in [4.78, 5) is 0.156. The van der Waals surface area contributed by atoms with Crippen molar-refractivity contribution in [3.63, 3.8) is 0 Å². The van der Waals surface area contributed by atoms with Crippen LogP contribution in [0.2, 0.25) is 0 Å². The highest BCUT2D eigenvalue weighted by atomic mass is 79.9. The van der Waals surface area contributed by atoms with Crippen LogP contribution in [0.1, 0.15) is 6.92 Å². The molecule has 5 heteroatoms. The van der Waals surface area contributed by atoms with E-state index in [4.69, 9.17) is 5.41 Å². The lowest BCUT2D eigenvalue weighted by molar-refractivity contribution is 0.606. The van der Waals surface area contributed by atoms with Crippen LogP contribution in [-0.4, -0.2) is 13.5 Å². The monoisotopic (exact) mass is 261 g/mol. The molecule has 70 valence electrons. The Bertz CT molecular complexity index is 422. The molecule has 0 amide bonds. The van der Waals surface area contributed by atoms with E-state index in [1.165, 1.54) is 19.1 Å². The first kappa shape index (κ1) is 10.4. The van der Waals surface area contributed by atoms with Crippen molar-refractivity contribution in [1.29, 1.82) is 5.41 Å². The maximum absolute atomic E-state index is 11.4. The zero-order valence-electron chi connectivity index (χ0n) is 6.91. The highest BCUT2D eigenvalue weighted by Crippen LogP contribution is 2.16. The van der Waals surface area contributed by atoms with Crippen LogP contribution in [0.4, 0.5) is 0 Å². The van der Waals surface area contributed by atoms with Gasteiger partial charge in [0.05, 0.1) is 4.90 Å². The molecule has 0 heterocycles. The Labute approximate surface area is 85.3 Å². The van der Waals surface area contributed by atoms with Crippen molar-refractivity contribution in [2.45, 2.75) is 11.8 Å². The zero-order valence-corrected chi connectivity index (χ0v) is 9.31. The average Bonchev–Trinajstić information content (AvgIpc) is 2.04. The van der Waals surface area contributed by atoms with Gasteiger partial charge in [-0.05, 0) is 31.2 Å². The molecule has 1 rings (SSSR count). The summed E-state index contributed by atoms with van der Waals surface area (Å²) < 4.78 is 23.6. The van der Waals surface area contributed by atoms with Gasteiger partial charge in [-0.25, -0.2) is 8.42 Å². The minimum Gasteiger partial charge on any atom is -0.294 e. The molecule has 0 aliphatic carbocycles. The molecule has 1 aromatic carbocycles. The number of halogens is 1. The topological polar surface area (TPSA) is 58.0 Å². The van der Waals surface area contributed by atoms with E-state index in [2.05, 4.69) is 15.9 Å². The number of benzene rings is 1. The van der Waals surface area contributed by atoms with E-state index in [9.17, 15) is 8.42 Å². The minimum absolute atomic E-state index is 0.156. The Balaban J connectivity index is 3.25. The molecule has 0 radical (unpaired) electrons. The van der Waals surface area contributed by atoms with Crippen molar-refractivity contribution in [3.05, 3.63) is 28.7 Å². The summed E-state index contributed by atoms with van der Waals surface area (Å²) >= 11 is 3.20. The van der Waals surface area contributed by atoms with E-state index in [1.807, 2.05) is 0 Å². The molecule has 1 aromatic rings. The number of sulfone groups is 1. The predicted molar refractivity (Wildman–Crippen MR) is 54.7 cm³/mol. The molecule has 0 saturated heterocycles. The van der Waals surface area contributed by atoms with Crippen molar-refractivity contribution < 1.29 is 8.42 Å². The fourth-order valence-electron chi connectivity index (χ4n) is 0.791. The van der Waals surface area contributed by atoms with Crippen LogP contribution in [0.15, 0.2) is 33.6 Å². The average molecular weight is 262 g/mol. The lowest BCUT2D eigenvalue weighted by Gasteiger charge is -2.00. The van der Waals surface area contributed by atoms with Gasteiger partial charge in [0.25, 0.3) is 0 Å². The second-order valence-corrected chi connectivity index (χ2v) is 5.52. The predicted octanol–water partition coefficient (Wildman–Crippen LogP) is 2.22. The largest absolute Gasteiger partial charge is 0.294 e. The van der Waals surface area contributed by atoms with E-state index in [-0.39, 0.29) is 9.94 Å². The van der Waals surface area contributed by atoms with Gasteiger partial charge >= 0.3 is 0 Å². The Kier molecular flexibility index (Phi) is 2.87.